The number of amides is 2. The normalized spacial score (nSPS) is 10.2. The van der Waals surface area contributed by atoms with Gasteiger partial charge in [0.25, 0.3) is 5.91 Å². The van der Waals surface area contributed by atoms with Crippen LogP contribution in [0.3, 0.4) is 0 Å². The van der Waals surface area contributed by atoms with Crippen molar-refractivity contribution in [3.63, 3.8) is 0 Å². The van der Waals surface area contributed by atoms with Gasteiger partial charge < -0.3 is 24.6 Å². The summed E-state index contributed by atoms with van der Waals surface area (Å²) < 4.78 is 15.8. The SMILES string of the molecule is CNC(=O)CNC(=O)COC(=O)c1ccccc1OCc1c(C)noc1C. The third-order valence-corrected chi connectivity index (χ3v) is 3.72. The van der Waals surface area contributed by atoms with Crippen molar-refractivity contribution in [2.75, 3.05) is 20.2 Å². The Morgan fingerprint density at radius 3 is 2.56 bits per heavy atom. The van der Waals surface area contributed by atoms with Crippen LogP contribution in [0, 0.1) is 13.8 Å². The van der Waals surface area contributed by atoms with Gasteiger partial charge in [-0.25, -0.2) is 4.79 Å². The van der Waals surface area contributed by atoms with Crippen molar-refractivity contribution in [2.24, 2.45) is 0 Å². The molecule has 0 fully saturated rings. The van der Waals surface area contributed by atoms with Gasteiger partial charge in [0, 0.05) is 7.05 Å². The summed E-state index contributed by atoms with van der Waals surface area (Å²) in [6, 6.07) is 6.54. The molecule has 2 amide bonds. The average molecular weight is 375 g/mol. The standard InChI is InChI=1S/C18H21N3O6/c1-11-14(12(2)27-21-11)9-25-15-7-5-4-6-13(15)18(24)26-10-17(23)20-8-16(22)19-3/h4-7H,8-10H2,1-3H3,(H,19,22)(H,20,23). The number of likely N-dealkylation sites (N-methyl/N-ethyl adjacent to an activating group) is 1. The number of aromatic nitrogens is 1. The molecule has 0 aliphatic heterocycles. The molecular formula is C18H21N3O6. The maximum atomic E-state index is 12.3. The quantitative estimate of drug-likeness (QED) is 0.658. The highest BCUT2D eigenvalue weighted by molar-refractivity contribution is 5.94. The molecule has 9 heteroatoms. The van der Waals surface area contributed by atoms with E-state index in [1.165, 1.54) is 13.1 Å². The van der Waals surface area contributed by atoms with Gasteiger partial charge in [-0.3, -0.25) is 9.59 Å². The number of esters is 1. The number of hydrogen-bond donors (Lipinski definition) is 2. The molecule has 0 saturated heterocycles. The maximum Gasteiger partial charge on any atom is 0.342 e. The van der Waals surface area contributed by atoms with E-state index in [-0.39, 0.29) is 24.6 Å². The van der Waals surface area contributed by atoms with Crippen LogP contribution in [-0.4, -0.2) is 43.1 Å². The predicted molar refractivity (Wildman–Crippen MR) is 94.1 cm³/mol. The topological polar surface area (TPSA) is 120 Å². The molecule has 27 heavy (non-hydrogen) atoms. The van der Waals surface area contributed by atoms with E-state index in [4.69, 9.17) is 14.0 Å². The van der Waals surface area contributed by atoms with Gasteiger partial charge in [0.15, 0.2) is 6.61 Å². The van der Waals surface area contributed by atoms with E-state index in [2.05, 4.69) is 15.8 Å². The second-order valence-corrected chi connectivity index (χ2v) is 5.61. The molecule has 1 heterocycles. The number of hydrogen-bond acceptors (Lipinski definition) is 7. The summed E-state index contributed by atoms with van der Waals surface area (Å²) >= 11 is 0. The van der Waals surface area contributed by atoms with E-state index in [9.17, 15) is 14.4 Å². The molecule has 1 aromatic carbocycles. The third kappa shape index (κ3) is 5.56. The van der Waals surface area contributed by atoms with Crippen molar-refractivity contribution in [3.05, 3.63) is 46.8 Å². The van der Waals surface area contributed by atoms with Gasteiger partial charge in [0.05, 0.1) is 17.8 Å². The van der Waals surface area contributed by atoms with Crippen LogP contribution in [0.15, 0.2) is 28.8 Å². The van der Waals surface area contributed by atoms with Gasteiger partial charge in [0.2, 0.25) is 5.91 Å². The fourth-order valence-electron chi connectivity index (χ4n) is 2.15. The first-order chi connectivity index (χ1) is 12.9. The van der Waals surface area contributed by atoms with E-state index >= 15 is 0 Å². The predicted octanol–water partition coefficient (Wildman–Crippen LogP) is 0.889. The van der Waals surface area contributed by atoms with E-state index in [0.717, 1.165) is 5.56 Å². The van der Waals surface area contributed by atoms with Crippen molar-refractivity contribution < 1.29 is 28.4 Å². The lowest BCUT2D eigenvalue weighted by atomic mass is 10.2. The van der Waals surface area contributed by atoms with Gasteiger partial charge >= 0.3 is 5.97 Å². The van der Waals surface area contributed by atoms with E-state index in [1.54, 1.807) is 32.0 Å². The van der Waals surface area contributed by atoms with Crippen LogP contribution >= 0.6 is 0 Å². The number of nitrogens with zero attached hydrogens (tertiary/aromatic N) is 1. The summed E-state index contributed by atoms with van der Waals surface area (Å²) in [4.78, 5) is 35.0. The Balaban J connectivity index is 1.95. The lowest BCUT2D eigenvalue weighted by Gasteiger charge is -2.11. The van der Waals surface area contributed by atoms with Gasteiger partial charge in [-0.15, -0.1) is 0 Å². The zero-order chi connectivity index (χ0) is 19.8. The Bertz CT molecular complexity index is 811. The second kappa shape index (κ2) is 9.37. The average Bonchev–Trinajstić information content (AvgIpc) is 3.00. The molecule has 144 valence electrons. The van der Waals surface area contributed by atoms with Crippen LogP contribution in [0.4, 0.5) is 0 Å². The Labute approximate surface area is 156 Å². The number of nitrogens with one attached hydrogen (secondary N) is 2. The minimum Gasteiger partial charge on any atom is -0.488 e. The molecule has 0 saturated carbocycles. The van der Waals surface area contributed by atoms with Crippen LogP contribution in [0.5, 0.6) is 5.75 Å². The van der Waals surface area contributed by atoms with Crippen LogP contribution < -0.4 is 15.4 Å². The van der Waals surface area contributed by atoms with Crippen LogP contribution in [0.2, 0.25) is 0 Å². The molecule has 2 aromatic rings. The van der Waals surface area contributed by atoms with Gasteiger partial charge in [-0.2, -0.15) is 0 Å². The number of para-hydroxylation sites is 1. The molecule has 0 spiro atoms. The van der Waals surface area contributed by atoms with Crippen molar-refractivity contribution in [2.45, 2.75) is 20.5 Å². The Morgan fingerprint density at radius 2 is 1.89 bits per heavy atom. The molecule has 0 aliphatic carbocycles. The fraction of sp³-hybridized carbons (Fsp3) is 0.333. The highest BCUT2D eigenvalue weighted by Gasteiger charge is 2.17. The summed E-state index contributed by atoms with van der Waals surface area (Å²) in [6.45, 7) is 3.05. The zero-order valence-electron chi connectivity index (χ0n) is 15.3. The van der Waals surface area contributed by atoms with Gasteiger partial charge in [-0.05, 0) is 26.0 Å². The van der Waals surface area contributed by atoms with E-state index < -0.39 is 18.5 Å². The highest BCUT2D eigenvalue weighted by Crippen LogP contribution is 2.22. The van der Waals surface area contributed by atoms with Crippen molar-refractivity contribution in [1.29, 1.82) is 0 Å². The lowest BCUT2D eigenvalue weighted by Crippen LogP contribution is -2.37. The molecule has 0 unspecified atom stereocenters. The lowest BCUT2D eigenvalue weighted by molar-refractivity contribution is -0.127. The molecule has 0 radical (unpaired) electrons. The molecule has 2 rings (SSSR count). The monoisotopic (exact) mass is 375 g/mol. The molecule has 0 aliphatic rings. The molecule has 1 aromatic heterocycles. The number of carbonyl (C=O) groups is 3. The van der Waals surface area contributed by atoms with Gasteiger partial charge in [-0.1, -0.05) is 17.3 Å². The first-order valence-corrected chi connectivity index (χ1v) is 8.20. The molecule has 2 N–H and O–H groups in total. The number of rotatable bonds is 8. The van der Waals surface area contributed by atoms with E-state index in [1.807, 2.05) is 0 Å². The van der Waals surface area contributed by atoms with Crippen LogP contribution in [0.1, 0.15) is 27.4 Å². The number of aryl methyl sites for hydroxylation is 2. The molecule has 0 atom stereocenters. The fourth-order valence-corrected chi connectivity index (χ4v) is 2.15. The molecule has 9 nitrogen and oxygen atoms in total. The first kappa shape index (κ1) is 20.0. The van der Waals surface area contributed by atoms with Crippen molar-refractivity contribution in [1.82, 2.24) is 15.8 Å². The summed E-state index contributed by atoms with van der Waals surface area (Å²) in [7, 11) is 1.45. The highest BCUT2D eigenvalue weighted by atomic mass is 16.5. The number of ether oxygens (including phenoxy) is 2. The summed E-state index contributed by atoms with van der Waals surface area (Å²) in [5.74, 6) is -0.693. The maximum absolute atomic E-state index is 12.3. The second-order valence-electron chi connectivity index (χ2n) is 5.61. The largest absolute Gasteiger partial charge is 0.488 e. The third-order valence-electron chi connectivity index (χ3n) is 3.72. The minimum atomic E-state index is -0.709. The molecule has 0 bridgehead atoms. The summed E-state index contributed by atoms with van der Waals surface area (Å²) in [6.07, 6.45) is 0. The summed E-state index contributed by atoms with van der Waals surface area (Å²) in [5.41, 5.74) is 1.69. The number of carbonyl (C=O) groups excluding carboxylic acids is 3. The van der Waals surface area contributed by atoms with E-state index in [0.29, 0.717) is 17.2 Å². The number of benzene rings is 1. The van der Waals surface area contributed by atoms with Gasteiger partial charge in [0.1, 0.15) is 23.7 Å². The minimum absolute atomic E-state index is 0.179. The smallest absolute Gasteiger partial charge is 0.342 e. The van der Waals surface area contributed by atoms with Crippen molar-refractivity contribution >= 4 is 17.8 Å². The van der Waals surface area contributed by atoms with Crippen LogP contribution in [-0.2, 0) is 20.9 Å². The Hall–Kier alpha value is -3.36. The van der Waals surface area contributed by atoms with Crippen molar-refractivity contribution in [3.8, 4) is 5.75 Å². The molecular weight excluding hydrogens is 354 g/mol. The first-order valence-electron chi connectivity index (χ1n) is 8.20. The Kier molecular flexibility index (Phi) is 6.93. The Morgan fingerprint density at radius 1 is 1.15 bits per heavy atom. The summed E-state index contributed by atoms with van der Waals surface area (Å²) in [5, 5.41) is 8.55. The van der Waals surface area contributed by atoms with Crippen LogP contribution in [0.25, 0.3) is 0 Å². The zero-order valence-corrected chi connectivity index (χ0v) is 15.3.